The third-order valence-electron chi connectivity index (χ3n) is 4.73. The zero-order valence-electron chi connectivity index (χ0n) is 14.9. The van der Waals surface area contributed by atoms with Gasteiger partial charge >= 0.3 is 5.63 Å². The molecule has 4 aromatic rings. The smallest absolute Gasteiger partial charge is 0.336 e. The summed E-state index contributed by atoms with van der Waals surface area (Å²) in [5.74, 6) is 2.07. The van der Waals surface area contributed by atoms with Crippen LogP contribution in [0.1, 0.15) is 30.1 Å². The summed E-state index contributed by atoms with van der Waals surface area (Å²) in [6.45, 7) is 0. The minimum absolute atomic E-state index is 0.0674. The molecule has 2 heterocycles. The largest absolute Gasteiger partial charge is 0.508 e. The number of phenols is 1. The van der Waals surface area contributed by atoms with E-state index in [4.69, 9.17) is 14.5 Å². The Bertz CT molecular complexity index is 1210. The van der Waals surface area contributed by atoms with E-state index < -0.39 is 5.63 Å². The number of thioether (sulfide) groups is 1. The van der Waals surface area contributed by atoms with Gasteiger partial charge in [-0.15, -0.1) is 5.10 Å². The van der Waals surface area contributed by atoms with Crippen LogP contribution in [0.2, 0.25) is 0 Å². The SMILES string of the molecule is O=c1cc(CSc2nc(C3CC3)n(-c3ccccc3)n2)c2ccc(O)cc2o1. The number of nitrogens with zero attached hydrogens (tertiary/aromatic N) is 3. The molecule has 2 aromatic carbocycles. The van der Waals surface area contributed by atoms with Crippen LogP contribution in [0.25, 0.3) is 16.7 Å². The summed E-state index contributed by atoms with van der Waals surface area (Å²) in [5.41, 5.74) is 1.78. The first-order chi connectivity index (χ1) is 13.7. The van der Waals surface area contributed by atoms with Gasteiger partial charge in [0.15, 0.2) is 0 Å². The van der Waals surface area contributed by atoms with Crippen LogP contribution < -0.4 is 5.63 Å². The van der Waals surface area contributed by atoms with Gasteiger partial charge in [-0.25, -0.2) is 14.5 Å². The molecule has 140 valence electrons. The van der Waals surface area contributed by atoms with Gasteiger partial charge in [0.25, 0.3) is 0 Å². The number of benzene rings is 2. The molecule has 0 spiro atoms. The van der Waals surface area contributed by atoms with E-state index in [9.17, 15) is 9.90 Å². The van der Waals surface area contributed by atoms with E-state index in [1.807, 2.05) is 35.0 Å². The fraction of sp³-hybridized carbons (Fsp3) is 0.190. The number of hydrogen-bond donors (Lipinski definition) is 1. The van der Waals surface area contributed by atoms with E-state index in [0.717, 1.165) is 35.3 Å². The van der Waals surface area contributed by atoms with Gasteiger partial charge in [0, 0.05) is 29.2 Å². The first-order valence-corrected chi connectivity index (χ1v) is 10.1. The fourth-order valence-electron chi connectivity index (χ4n) is 3.21. The van der Waals surface area contributed by atoms with Crippen molar-refractivity contribution in [3.63, 3.8) is 0 Å². The molecule has 6 nitrogen and oxygen atoms in total. The standard InChI is InChI=1S/C21H17N3O3S/c25-16-8-9-17-14(10-19(26)27-18(17)11-16)12-28-21-22-20(13-6-7-13)24(23-21)15-4-2-1-3-5-15/h1-5,8-11,13,25H,6-7,12H2. The number of aromatic nitrogens is 3. The maximum Gasteiger partial charge on any atom is 0.336 e. The molecule has 7 heteroatoms. The number of hydrogen-bond acceptors (Lipinski definition) is 6. The molecule has 28 heavy (non-hydrogen) atoms. The first-order valence-electron chi connectivity index (χ1n) is 9.08. The number of fused-ring (bicyclic) bond motifs is 1. The predicted octanol–water partition coefficient (Wildman–Crippen LogP) is 4.25. The average Bonchev–Trinajstić information content (AvgIpc) is 3.45. The van der Waals surface area contributed by atoms with Crippen LogP contribution in [-0.4, -0.2) is 19.9 Å². The van der Waals surface area contributed by atoms with Crippen molar-refractivity contribution in [2.24, 2.45) is 0 Å². The van der Waals surface area contributed by atoms with Crippen molar-refractivity contribution in [2.75, 3.05) is 0 Å². The molecule has 1 aliphatic rings. The molecule has 1 fully saturated rings. The Morgan fingerprint density at radius 3 is 2.75 bits per heavy atom. The normalized spacial score (nSPS) is 13.9. The van der Waals surface area contributed by atoms with Gasteiger partial charge in [0.2, 0.25) is 5.16 Å². The molecule has 5 rings (SSSR count). The summed E-state index contributed by atoms with van der Waals surface area (Å²) in [5, 5.41) is 15.8. The van der Waals surface area contributed by atoms with Gasteiger partial charge in [-0.3, -0.25) is 0 Å². The summed E-state index contributed by atoms with van der Waals surface area (Å²) in [7, 11) is 0. The zero-order valence-corrected chi connectivity index (χ0v) is 15.7. The molecule has 0 atom stereocenters. The summed E-state index contributed by atoms with van der Waals surface area (Å²) < 4.78 is 7.12. The minimum Gasteiger partial charge on any atom is -0.508 e. The topological polar surface area (TPSA) is 81.2 Å². The lowest BCUT2D eigenvalue weighted by Gasteiger charge is -2.04. The average molecular weight is 391 g/mol. The monoisotopic (exact) mass is 391 g/mol. The highest BCUT2D eigenvalue weighted by Gasteiger charge is 2.30. The summed E-state index contributed by atoms with van der Waals surface area (Å²) in [6.07, 6.45) is 2.28. The van der Waals surface area contributed by atoms with Crippen molar-refractivity contribution in [1.29, 1.82) is 0 Å². The highest BCUT2D eigenvalue weighted by atomic mass is 32.2. The van der Waals surface area contributed by atoms with E-state index in [2.05, 4.69) is 0 Å². The van der Waals surface area contributed by atoms with Crippen LogP contribution in [0.15, 0.2) is 69.0 Å². The van der Waals surface area contributed by atoms with Crippen LogP contribution in [0, 0.1) is 0 Å². The van der Waals surface area contributed by atoms with Crippen molar-refractivity contribution in [2.45, 2.75) is 29.7 Å². The highest BCUT2D eigenvalue weighted by Crippen LogP contribution is 2.40. The van der Waals surface area contributed by atoms with E-state index in [-0.39, 0.29) is 5.75 Å². The molecule has 1 saturated carbocycles. The maximum absolute atomic E-state index is 11.9. The maximum atomic E-state index is 11.9. The van der Waals surface area contributed by atoms with Crippen LogP contribution >= 0.6 is 11.8 Å². The number of phenolic OH excluding ortho intramolecular Hbond substituents is 1. The predicted molar refractivity (Wildman–Crippen MR) is 107 cm³/mol. The lowest BCUT2D eigenvalue weighted by Crippen LogP contribution is -2.01. The van der Waals surface area contributed by atoms with Gasteiger partial charge in [-0.05, 0) is 42.7 Å². The molecular weight excluding hydrogens is 374 g/mol. The Hall–Kier alpha value is -3.06. The lowest BCUT2D eigenvalue weighted by molar-refractivity contribution is 0.473. The Balaban J connectivity index is 1.46. The zero-order chi connectivity index (χ0) is 19.1. The number of rotatable bonds is 5. The molecule has 0 amide bonds. The number of para-hydroxylation sites is 1. The van der Waals surface area contributed by atoms with Crippen molar-refractivity contribution < 1.29 is 9.52 Å². The Labute approximate surface area is 164 Å². The molecule has 1 aliphatic carbocycles. The van der Waals surface area contributed by atoms with E-state index >= 15 is 0 Å². The molecule has 1 N–H and O–H groups in total. The first kappa shape index (κ1) is 17.1. The van der Waals surface area contributed by atoms with Gasteiger partial charge in [0.1, 0.15) is 17.2 Å². The second-order valence-corrected chi connectivity index (χ2v) is 7.78. The van der Waals surface area contributed by atoms with Gasteiger partial charge < -0.3 is 9.52 Å². The van der Waals surface area contributed by atoms with Crippen molar-refractivity contribution in [1.82, 2.24) is 14.8 Å². The van der Waals surface area contributed by atoms with Crippen LogP contribution in [-0.2, 0) is 5.75 Å². The summed E-state index contributed by atoms with van der Waals surface area (Å²) >= 11 is 1.49. The highest BCUT2D eigenvalue weighted by molar-refractivity contribution is 7.98. The van der Waals surface area contributed by atoms with Crippen LogP contribution in [0.4, 0.5) is 0 Å². The van der Waals surface area contributed by atoms with Crippen LogP contribution in [0.3, 0.4) is 0 Å². The molecule has 0 radical (unpaired) electrons. The Kier molecular flexibility index (Phi) is 4.16. The Morgan fingerprint density at radius 1 is 1.14 bits per heavy atom. The van der Waals surface area contributed by atoms with E-state index in [1.54, 1.807) is 12.1 Å². The molecule has 0 bridgehead atoms. The van der Waals surface area contributed by atoms with E-state index in [0.29, 0.717) is 22.4 Å². The van der Waals surface area contributed by atoms with E-state index in [1.165, 1.54) is 23.9 Å². The molecular formula is C21H17N3O3S. The van der Waals surface area contributed by atoms with Crippen molar-refractivity contribution in [3.8, 4) is 11.4 Å². The second-order valence-electron chi connectivity index (χ2n) is 6.83. The van der Waals surface area contributed by atoms with Gasteiger partial charge in [-0.2, -0.15) is 0 Å². The molecule has 2 aromatic heterocycles. The van der Waals surface area contributed by atoms with Gasteiger partial charge in [0.05, 0.1) is 5.69 Å². The number of aromatic hydroxyl groups is 1. The summed E-state index contributed by atoms with van der Waals surface area (Å²) in [4.78, 5) is 16.6. The van der Waals surface area contributed by atoms with Crippen LogP contribution in [0.5, 0.6) is 5.75 Å². The lowest BCUT2D eigenvalue weighted by atomic mass is 10.1. The third-order valence-corrected chi connectivity index (χ3v) is 5.61. The molecule has 0 saturated heterocycles. The quantitative estimate of drug-likeness (QED) is 0.405. The van der Waals surface area contributed by atoms with Crippen molar-refractivity contribution >= 4 is 22.7 Å². The van der Waals surface area contributed by atoms with Gasteiger partial charge in [-0.1, -0.05) is 30.0 Å². The molecule has 0 aliphatic heterocycles. The van der Waals surface area contributed by atoms with Crippen molar-refractivity contribution in [3.05, 3.63) is 76.4 Å². The summed E-state index contributed by atoms with van der Waals surface area (Å²) in [6, 6.07) is 16.3. The second kappa shape index (κ2) is 6.83. The Morgan fingerprint density at radius 2 is 1.96 bits per heavy atom. The fourth-order valence-corrected chi connectivity index (χ4v) is 4.03. The minimum atomic E-state index is -0.435. The molecule has 0 unspecified atom stereocenters. The third kappa shape index (κ3) is 3.29.